The lowest BCUT2D eigenvalue weighted by Crippen LogP contribution is -2.24. The number of unbranched alkanes of at least 4 members (excludes halogenated alkanes) is 1. The Labute approximate surface area is 183 Å². The van der Waals surface area contributed by atoms with E-state index in [1.54, 1.807) is 0 Å². The molecule has 30 heavy (non-hydrogen) atoms. The number of fused-ring (bicyclic) bond motifs is 2. The van der Waals surface area contributed by atoms with E-state index in [1.165, 1.54) is 58.4 Å². The van der Waals surface area contributed by atoms with Gasteiger partial charge in [-0.2, -0.15) is 0 Å². The molecule has 0 saturated carbocycles. The van der Waals surface area contributed by atoms with Crippen LogP contribution in [-0.4, -0.2) is 6.54 Å². The Bertz CT molecular complexity index is 989. The lowest BCUT2D eigenvalue weighted by molar-refractivity contribution is 0.464. The first-order chi connectivity index (χ1) is 14.5. The SMILES string of the molecule is C=c1c(CCCC(C)CC)cc2c(c1CCCC)Oc1cc(NCC)c(C)cc1C=2. The van der Waals surface area contributed by atoms with Crippen LogP contribution in [-0.2, 0) is 12.8 Å². The van der Waals surface area contributed by atoms with Crippen LogP contribution in [0.1, 0.15) is 82.1 Å². The average Bonchev–Trinajstić information content (AvgIpc) is 2.73. The summed E-state index contributed by atoms with van der Waals surface area (Å²) in [5.74, 6) is 2.77. The van der Waals surface area contributed by atoms with Gasteiger partial charge in [0.25, 0.3) is 0 Å². The molecule has 2 heteroatoms. The van der Waals surface area contributed by atoms with Crippen molar-refractivity contribution in [1.29, 1.82) is 0 Å². The van der Waals surface area contributed by atoms with Crippen molar-refractivity contribution in [2.24, 2.45) is 5.92 Å². The maximum atomic E-state index is 6.53. The molecule has 0 bridgehead atoms. The number of aryl methyl sites for hydroxylation is 2. The van der Waals surface area contributed by atoms with Gasteiger partial charge in [-0.15, -0.1) is 0 Å². The van der Waals surface area contributed by atoms with E-state index in [0.29, 0.717) is 0 Å². The van der Waals surface area contributed by atoms with E-state index in [9.17, 15) is 0 Å². The van der Waals surface area contributed by atoms with Crippen molar-refractivity contribution in [3.05, 3.63) is 50.9 Å². The Morgan fingerprint density at radius 2 is 1.87 bits per heavy atom. The fourth-order valence-corrected chi connectivity index (χ4v) is 4.33. The number of anilines is 1. The number of rotatable bonds is 10. The molecule has 2 nitrogen and oxygen atoms in total. The number of hydrogen-bond donors (Lipinski definition) is 1. The standard InChI is InChI=1S/C28H39NO/c1-7-10-14-25-21(6)22(13-11-12-19(4)8-2)16-24-17-23-15-20(5)26(29-9-3)18-27(23)30-28(24)25/h15-19,29H,6-14H2,1-5H3. The Kier molecular flexibility index (Phi) is 7.64. The van der Waals surface area contributed by atoms with E-state index in [0.717, 1.165) is 48.9 Å². The molecule has 2 aromatic carbocycles. The number of benzene rings is 2. The molecule has 1 N–H and O–H groups in total. The van der Waals surface area contributed by atoms with E-state index in [4.69, 9.17) is 4.74 Å². The normalized spacial score (nSPS) is 13.1. The molecular weight excluding hydrogens is 366 g/mol. The molecule has 1 aliphatic heterocycles. The first-order valence-corrected chi connectivity index (χ1v) is 11.9. The minimum Gasteiger partial charge on any atom is -0.456 e. The molecule has 0 aliphatic carbocycles. The summed E-state index contributed by atoms with van der Waals surface area (Å²) >= 11 is 0. The summed E-state index contributed by atoms with van der Waals surface area (Å²) in [6.07, 6.45) is 10.6. The molecule has 0 fully saturated rings. The van der Waals surface area contributed by atoms with Crippen LogP contribution in [0.3, 0.4) is 0 Å². The topological polar surface area (TPSA) is 21.3 Å². The summed E-state index contributed by atoms with van der Waals surface area (Å²) in [4.78, 5) is 0. The van der Waals surface area contributed by atoms with Crippen LogP contribution in [0.15, 0.2) is 18.2 Å². The maximum Gasteiger partial charge on any atom is 0.138 e. The largest absolute Gasteiger partial charge is 0.456 e. The molecule has 1 heterocycles. The van der Waals surface area contributed by atoms with Crippen LogP contribution >= 0.6 is 0 Å². The van der Waals surface area contributed by atoms with Crippen molar-refractivity contribution in [3.63, 3.8) is 0 Å². The van der Waals surface area contributed by atoms with Crippen LogP contribution in [0.4, 0.5) is 5.69 Å². The van der Waals surface area contributed by atoms with E-state index in [-0.39, 0.29) is 0 Å². The third-order valence-electron chi connectivity index (χ3n) is 6.49. The number of nitrogens with one attached hydrogen (secondary N) is 1. The number of hydrogen-bond acceptors (Lipinski definition) is 2. The average molecular weight is 406 g/mol. The molecule has 0 amide bonds. The van der Waals surface area contributed by atoms with Gasteiger partial charge in [-0.25, -0.2) is 0 Å². The molecule has 1 unspecified atom stereocenters. The summed E-state index contributed by atoms with van der Waals surface area (Å²) in [6.45, 7) is 16.6. The summed E-state index contributed by atoms with van der Waals surface area (Å²) in [6, 6.07) is 6.73. The van der Waals surface area contributed by atoms with Crippen LogP contribution < -0.4 is 20.5 Å². The van der Waals surface area contributed by atoms with Gasteiger partial charge in [-0.1, -0.05) is 46.6 Å². The van der Waals surface area contributed by atoms with Crippen molar-refractivity contribution in [1.82, 2.24) is 0 Å². The van der Waals surface area contributed by atoms with E-state index in [1.807, 2.05) is 0 Å². The second-order valence-electron chi connectivity index (χ2n) is 8.90. The highest BCUT2D eigenvalue weighted by molar-refractivity contribution is 5.70. The Balaban J connectivity index is 2.03. The van der Waals surface area contributed by atoms with Crippen LogP contribution in [0.5, 0.6) is 11.5 Å². The number of ether oxygens (including phenoxy) is 1. The summed E-state index contributed by atoms with van der Waals surface area (Å²) < 4.78 is 6.53. The van der Waals surface area contributed by atoms with Gasteiger partial charge in [-0.3, -0.25) is 0 Å². The Hall–Kier alpha value is -2.22. The molecule has 2 aromatic rings. The molecule has 0 aromatic heterocycles. The molecule has 1 atom stereocenters. The van der Waals surface area contributed by atoms with Crippen molar-refractivity contribution in [2.75, 3.05) is 11.9 Å². The molecule has 3 rings (SSSR count). The first-order valence-electron chi connectivity index (χ1n) is 11.9. The molecule has 0 saturated heterocycles. The summed E-state index contributed by atoms with van der Waals surface area (Å²) in [5, 5.41) is 5.86. The Morgan fingerprint density at radius 3 is 2.57 bits per heavy atom. The lowest BCUT2D eigenvalue weighted by atomic mass is 9.93. The molecular formula is C28H39NO. The highest BCUT2D eigenvalue weighted by Gasteiger charge is 2.18. The van der Waals surface area contributed by atoms with Gasteiger partial charge in [-0.05, 0) is 80.0 Å². The van der Waals surface area contributed by atoms with Crippen molar-refractivity contribution in [2.45, 2.75) is 79.6 Å². The minimum atomic E-state index is 0.797. The van der Waals surface area contributed by atoms with Gasteiger partial charge in [0.1, 0.15) is 11.5 Å². The highest BCUT2D eigenvalue weighted by Crippen LogP contribution is 2.34. The van der Waals surface area contributed by atoms with Crippen molar-refractivity contribution < 1.29 is 4.74 Å². The zero-order valence-corrected chi connectivity index (χ0v) is 19.7. The monoisotopic (exact) mass is 405 g/mol. The fourth-order valence-electron chi connectivity index (χ4n) is 4.33. The summed E-state index contributed by atoms with van der Waals surface area (Å²) in [5.41, 5.74) is 6.28. The van der Waals surface area contributed by atoms with Crippen LogP contribution in [0.2, 0.25) is 0 Å². The smallest absolute Gasteiger partial charge is 0.138 e. The minimum absolute atomic E-state index is 0.797. The zero-order valence-electron chi connectivity index (χ0n) is 19.7. The van der Waals surface area contributed by atoms with E-state index < -0.39 is 0 Å². The summed E-state index contributed by atoms with van der Waals surface area (Å²) in [7, 11) is 0. The second kappa shape index (κ2) is 10.2. The molecule has 162 valence electrons. The van der Waals surface area contributed by atoms with Gasteiger partial charge in [0.15, 0.2) is 0 Å². The van der Waals surface area contributed by atoms with Gasteiger partial charge in [0.05, 0.1) is 0 Å². The van der Waals surface area contributed by atoms with Gasteiger partial charge < -0.3 is 10.1 Å². The van der Waals surface area contributed by atoms with Crippen molar-refractivity contribution >= 4 is 18.3 Å². The van der Waals surface area contributed by atoms with Crippen LogP contribution in [0.25, 0.3) is 12.7 Å². The molecule has 0 spiro atoms. The van der Waals surface area contributed by atoms with Gasteiger partial charge in [0, 0.05) is 34.6 Å². The van der Waals surface area contributed by atoms with Crippen LogP contribution in [0, 0.1) is 12.8 Å². The first kappa shape index (κ1) is 22.5. The fraction of sp³-hybridized carbons (Fsp3) is 0.500. The van der Waals surface area contributed by atoms with Gasteiger partial charge >= 0.3 is 0 Å². The van der Waals surface area contributed by atoms with Gasteiger partial charge in [0.2, 0.25) is 0 Å². The molecule has 1 aliphatic rings. The molecule has 0 radical (unpaired) electrons. The maximum absolute atomic E-state index is 6.53. The predicted molar refractivity (Wildman–Crippen MR) is 131 cm³/mol. The van der Waals surface area contributed by atoms with E-state index in [2.05, 4.69) is 70.8 Å². The predicted octanol–water partition coefficient (Wildman–Crippen LogP) is 6.48. The second-order valence-corrected chi connectivity index (χ2v) is 8.90. The lowest BCUT2D eigenvalue weighted by Gasteiger charge is -2.22. The third-order valence-corrected chi connectivity index (χ3v) is 6.49. The Morgan fingerprint density at radius 1 is 1.07 bits per heavy atom. The third kappa shape index (κ3) is 4.91. The highest BCUT2D eigenvalue weighted by atomic mass is 16.5. The zero-order chi connectivity index (χ0) is 21.7. The van der Waals surface area contributed by atoms with Crippen molar-refractivity contribution in [3.8, 4) is 11.5 Å². The quantitative estimate of drug-likeness (QED) is 0.416. The van der Waals surface area contributed by atoms with E-state index >= 15 is 0 Å².